The molecule has 0 aromatic rings. The summed E-state index contributed by atoms with van der Waals surface area (Å²) in [5, 5.41) is 9.99. The van der Waals surface area contributed by atoms with Gasteiger partial charge in [0, 0.05) is 19.0 Å². The molecule has 1 N–H and O–H groups in total. The number of hydrogen-bond acceptors (Lipinski definition) is 3. The summed E-state index contributed by atoms with van der Waals surface area (Å²) in [5.74, 6) is -1.87. The Morgan fingerprint density at radius 1 is 1.44 bits per heavy atom. The molecule has 16 heavy (non-hydrogen) atoms. The lowest BCUT2D eigenvalue weighted by Crippen LogP contribution is -2.50. The van der Waals surface area contributed by atoms with Crippen molar-refractivity contribution in [2.75, 3.05) is 13.1 Å². The van der Waals surface area contributed by atoms with Crippen molar-refractivity contribution in [3.8, 4) is 0 Å². The van der Waals surface area contributed by atoms with Crippen LogP contribution in [0.2, 0.25) is 0 Å². The number of Topliss-reactive ketones (excluding diaryl/α,β-unsaturated/α-hetero) is 1. The van der Waals surface area contributed by atoms with Crippen LogP contribution >= 0.6 is 0 Å². The van der Waals surface area contributed by atoms with E-state index in [1.807, 2.05) is 0 Å². The average Bonchev–Trinajstić information content (AvgIpc) is 2.28. The first-order chi connectivity index (χ1) is 7.32. The van der Waals surface area contributed by atoms with E-state index in [2.05, 4.69) is 6.58 Å². The van der Waals surface area contributed by atoms with Crippen molar-refractivity contribution in [1.29, 1.82) is 0 Å². The normalized spacial score (nSPS) is 16.1. The lowest BCUT2D eigenvalue weighted by atomic mass is 9.86. The molecule has 4 heteroatoms. The van der Waals surface area contributed by atoms with Gasteiger partial charge in [0.1, 0.15) is 5.60 Å². The first kappa shape index (κ1) is 14.8. The second-order valence-electron chi connectivity index (χ2n) is 3.98. The molecule has 0 unspecified atom stereocenters. The number of likely N-dealkylation sites (N-methyl/N-ethyl adjacent to an activating group) is 1. The van der Waals surface area contributed by atoms with E-state index in [1.54, 1.807) is 20.8 Å². The standard InChI is InChI=1S/C12H21NO3/c1-6-9(4)12(5,16)10(14)11(15)13(7-2)8-3/h6,9,16H,1,7-8H2,2-5H3/t9-,12-/m1/s1. The number of carbonyl (C=O) groups excluding carboxylic acids is 2. The summed E-state index contributed by atoms with van der Waals surface area (Å²) >= 11 is 0. The lowest BCUT2D eigenvalue weighted by molar-refractivity contribution is -0.155. The average molecular weight is 227 g/mol. The molecule has 0 radical (unpaired) electrons. The van der Waals surface area contributed by atoms with Crippen molar-refractivity contribution in [1.82, 2.24) is 4.90 Å². The van der Waals surface area contributed by atoms with E-state index >= 15 is 0 Å². The predicted molar refractivity (Wildman–Crippen MR) is 62.9 cm³/mol. The van der Waals surface area contributed by atoms with E-state index in [0.717, 1.165) is 0 Å². The number of rotatable bonds is 6. The molecule has 0 spiro atoms. The Labute approximate surface area is 96.9 Å². The molecule has 1 amide bonds. The number of ketones is 1. The Bertz CT molecular complexity index is 280. The zero-order valence-electron chi connectivity index (χ0n) is 10.5. The van der Waals surface area contributed by atoms with Gasteiger partial charge in [-0.3, -0.25) is 9.59 Å². The van der Waals surface area contributed by atoms with Gasteiger partial charge in [-0.15, -0.1) is 6.58 Å². The van der Waals surface area contributed by atoms with Gasteiger partial charge < -0.3 is 10.0 Å². The molecule has 0 rings (SSSR count). The summed E-state index contributed by atoms with van der Waals surface area (Å²) in [7, 11) is 0. The van der Waals surface area contributed by atoms with E-state index in [4.69, 9.17) is 0 Å². The van der Waals surface area contributed by atoms with Crippen LogP contribution in [0.15, 0.2) is 12.7 Å². The minimum Gasteiger partial charge on any atom is -0.381 e. The molecule has 0 bridgehead atoms. The molecule has 2 atom stereocenters. The van der Waals surface area contributed by atoms with Crippen LogP contribution in [0.25, 0.3) is 0 Å². The van der Waals surface area contributed by atoms with Crippen molar-refractivity contribution >= 4 is 11.7 Å². The largest absolute Gasteiger partial charge is 0.381 e. The third-order valence-corrected chi connectivity index (χ3v) is 2.94. The molecular formula is C12H21NO3. The van der Waals surface area contributed by atoms with Gasteiger partial charge in [-0.05, 0) is 20.8 Å². The zero-order valence-corrected chi connectivity index (χ0v) is 10.5. The van der Waals surface area contributed by atoms with E-state index in [0.29, 0.717) is 13.1 Å². The Balaban J connectivity index is 4.91. The monoisotopic (exact) mass is 227 g/mol. The van der Waals surface area contributed by atoms with E-state index in [-0.39, 0.29) is 0 Å². The van der Waals surface area contributed by atoms with Crippen molar-refractivity contribution in [3.63, 3.8) is 0 Å². The van der Waals surface area contributed by atoms with Crippen LogP contribution in [0.5, 0.6) is 0 Å². The summed E-state index contributed by atoms with van der Waals surface area (Å²) in [6.45, 7) is 11.0. The van der Waals surface area contributed by atoms with Gasteiger partial charge in [-0.1, -0.05) is 13.0 Å². The summed E-state index contributed by atoms with van der Waals surface area (Å²) in [6.07, 6.45) is 1.47. The maximum atomic E-state index is 11.8. The van der Waals surface area contributed by atoms with Crippen LogP contribution in [-0.2, 0) is 9.59 Å². The summed E-state index contributed by atoms with van der Waals surface area (Å²) in [5.41, 5.74) is -1.68. The number of nitrogens with zero attached hydrogens (tertiary/aromatic N) is 1. The number of carbonyl (C=O) groups is 2. The molecule has 0 aliphatic carbocycles. The topological polar surface area (TPSA) is 57.6 Å². The predicted octanol–water partition coefficient (Wildman–Crippen LogP) is 0.997. The maximum Gasteiger partial charge on any atom is 0.293 e. The van der Waals surface area contributed by atoms with Crippen LogP contribution in [-0.4, -0.2) is 40.4 Å². The molecule has 0 aromatic carbocycles. The third kappa shape index (κ3) is 2.92. The van der Waals surface area contributed by atoms with Gasteiger partial charge in [0.2, 0.25) is 0 Å². The summed E-state index contributed by atoms with van der Waals surface area (Å²) in [4.78, 5) is 25.0. The highest BCUT2D eigenvalue weighted by Gasteiger charge is 2.40. The van der Waals surface area contributed by atoms with Crippen LogP contribution in [0.3, 0.4) is 0 Å². The van der Waals surface area contributed by atoms with Crippen LogP contribution in [0.4, 0.5) is 0 Å². The van der Waals surface area contributed by atoms with Crippen LogP contribution in [0.1, 0.15) is 27.7 Å². The fraction of sp³-hybridized carbons (Fsp3) is 0.667. The van der Waals surface area contributed by atoms with Crippen molar-refractivity contribution in [2.24, 2.45) is 5.92 Å². The SMILES string of the molecule is C=C[C@@H](C)[C@@](C)(O)C(=O)C(=O)N(CC)CC. The quantitative estimate of drug-likeness (QED) is 0.544. The van der Waals surface area contributed by atoms with Gasteiger partial charge in [0.05, 0.1) is 0 Å². The molecule has 0 saturated heterocycles. The van der Waals surface area contributed by atoms with E-state index in [9.17, 15) is 14.7 Å². The second-order valence-corrected chi connectivity index (χ2v) is 3.98. The number of amides is 1. The Kier molecular flexibility index (Phi) is 5.38. The molecule has 0 fully saturated rings. The van der Waals surface area contributed by atoms with Crippen LogP contribution < -0.4 is 0 Å². The van der Waals surface area contributed by atoms with Crippen LogP contribution in [0, 0.1) is 5.92 Å². The molecule has 0 aliphatic heterocycles. The minimum atomic E-state index is -1.68. The molecule has 0 aliphatic rings. The van der Waals surface area contributed by atoms with Crippen molar-refractivity contribution in [2.45, 2.75) is 33.3 Å². The highest BCUT2D eigenvalue weighted by atomic mass is 16.3. The molecule has 4 nitrogen and oxygen atoms in total. The Morgan fingerprint density at radius 2 is 1.88 bits per heavy atom. The van der Waals surface area contributed by atoms with Gasteiger partial charge in [0.25, 0.3) is 11.7 Å². The molecule has 0 heterocycles. The van der Waals surface area contributed by atoms with Crippen molar-refractivity contribution < 1.29 is 14.7 Å². The summed E-state index contributed by atoms with van der Waals surface area (Å²) < 4.78 is 0. The Morgan fingerprint density at radius 3 is 2.19 bits per heavy atom. The smallest absolute Gasteiger partial charge is 0.293 e. The third-order valence-electron chi connectivity index (χ3n) is 2.94. The van der Waals surface area contributed by atoms with Gasteiger partial charge in [0.15, 0.2) is 0 Å². The van der Waals surface area contributed by atoms with Crippen molar-refractivity contribution in [3.05, 3.63) is 12.7 Å². The van der Waals surface area contributed by atoms with Gasteiger partial charge >= 0.3 is 0 Å². The minimum absolute atomic E-state index is 0.458. The lowest BCUT2D eigenvalue weighted by Gasteiger charge is -2.28. The van der Waals surface area contributed by atoms with E-state index in [1.165, 1.54) is 17.9 Å². The number of hydrogen-bond donors (Lipinski definition) is 1. The first-order valence-corrected chi connectivity index (χ1v) is 5.51. The fourth-order valence-electron chi connectivity index (χ4n) is 1.31. The molecule has 0 saturated carbocycles. The molecule has 0 aromatic heterocycles. The Hall–Kier alpha value is -1.16. The van der Waals surface area contributed by atoms with E-state index < -0.39 is 23.2 Å². The number of aliphatic hydroxyl groups is 1. The maximum absolute atomic E-state index is 11.8. The molecule has 92 valence electrons. The second kappa shape index (κ2) is 5.80. The van der Waals surface area contributed by atoms with Gasteiger partial charge in [-0.2, -0.15) is 0 Å². The zero-order chi connectivity index (χ0) is 12.9. The highest BCUT2D eigenvalue weighted by molar-refractivity contribution is 6.39. The molecular weight excluding hydrogens is 206 g/mol. The first-order valence-electron chi connectivity index (χ1n) is 5.51. The highest BCUT2D eigenvalue weighted by Crippen LogP contribution is 2.19. The summed E-state index contributed by atoms with van der Waals surface area (Å²) in [6, 6.07) is 0. The fourth-order valence-corrected chi connectivity index (χ4v) is 1.31. The van der Waals surface area contributed by atoms with Gasteiger partial charge in [-0.25, -0.2) is 0 Å².